The summed E-state index contributed by atoms with van der Waals surface area (Å²) < 4.78 is 6.09. The molecule has 0 amide bonds. The second-order valence-electron chi connectivity index (χ2n) is 9.02. The first-order valence-corrected chi connectivity index (χ1v) is 12.4. The maximum Gasteiger partial charge on any atom is 0.126 e. The summed E-state index contributed by atoms with van der Waals surface area (Å²) in [5, 5.41) is 28.5. The lowest BCUT2D eigenvalue weighted by Crippen LogP contribution is -2.52. The molecule has 3 N–H and O–H groups in total. The zero-order valence-electron chi connectivity index (χ0n) is 19.6. The Morgan fingerprint density at radius 2 is 1.10 bits per heavy atom. The molecule has 0 aromatic rings. The Bertz CT molecular complexity index is 322. The maximum atomic E-state index is 10.1. The van der Waals surface area contributed by atoms with Gasteiger partial charge in [-0.25, -0.2) is 0 Å². The molecule has 0 aromatic heterocycles. The summed E-state index contributed by atoms with van der Waals surface area (Å²) in [5.41, 5.74) is 0. The van der Waals surface area contributed by atoms with E-state index in [-0.39, 0.29) is 13.2 Å². The molecule has 0 aliphatic carbocycles. The van der Waals surface area contributed by atoms with Crippen LogP contribution in [0.25, 0.3) is 0 Å². The Kier molecular flexibility index (Phi) is 20.9. The summed E-state index contributed by atoms with van der Waals surface area (Å²) >= 11 is 0. The molecule has 5 heteroatoms. The minimum absolute atomic E-state index is 0.0587. The van der Waals surface area contributed by atoms with Crippen LogP contribution in [0.3, 0.4) is 0 Å². The fraction of sp³-hybridized carbons (Fsp3) is 1.00. The van der Waals surface area contributed by atoms with Gasteiger partial charge in [0.25, 0.3) is 0 Å². The molecule has 0 aliphatic heterocycles. The van der Waals surface area contributed by atoms with Crippen molar-refractivity contribution >= 4 is 0 Å². The SMILES string of the molecule is CCCCCCCCCCCCCCCCOCC(O)C[N+](C)(CCO)CCO. The van der Waals surface area contributed by atoms with E-state index in [0.29, 0.717) is 37.3 Å². The van der Waals surface area contributed by atoms with E-state index in [1.807, 2.05) is 7.05 Å². The van der Waals surface area contributed by atoms with Crippen molar-refractivity contribution < 1.29 is 24.5 Å². The Hall–Kier alpha value is -0.200. The Morgan fingerprint density at radius 1 is 0.690 bits per heavy atom. The lowest BCUT2D eigenvalue weighted by atomic mass is 10.0. The van der Waals surface area contributed by atoms with E-state index < -0.39 is 6.10 Å². The number of unbranched alkanes of at least 4 members (excludes halogenated alkanes) is 13. The molecule has 0 radical (unpaired) electrons. The van der Waals surface area contributed by atoms with Gasteiger partial charge in [0.1, 0.15) is 25.7 Å². The van der Waals surface area contributed by atoms with E-state index in [1.165, 1.54) is 83.5 Å². The van der Waals surface area contributed by atoms with E-state index in [0.717, 1.165) is 6.42 Å². The van der Waals surface area contributed by atoms with Crippen LogP contribution in [0.2, 0.25) is 0 Å². The number of aliphatic hydroxyl groups excluding tert-OH is 3. The van der Waals surface area contributed by atoms with Gasteiger partial charge in [-0.2, -0.15) is 0 Å². The van der Waals surface area contributed by atoms with Gasteiger partial charge in [0.05, 0.1) is 26.9 Å². The number of aliphatic hydroxyl groups is 3. The number of likely N-dealkylation sites (N-methyl/N-ethyl adjacent to an activating group) is 1. The highest BCUT2D eigenvalue weighted by Gasteiger charge is 2.24. The number of quaternary nitrogens is 1. The first kappa shape index (κ1) is 28.8. The first-order chi connectivity index (χ1) is 14.1. The van der Waals surface area contributed by atoms with Crippen LogP contribution in [0.15, 0.2) is 0 Å². The van der Waals surface area contributed by atoms with Crippen LogP contribution in [0.1, 0.15) is 96.8 Å². The van der Waals surface area contributed by atoms with E-state index in [1.54, 1.807) is 0 Å². The minimum atomic E-state index is -0.551. The van der Waals surface area contributed by atoms with Crippen LogP contribution in [0.5, 0.6) is 0 Å². The predicted molar refractivity (Wildman–Crippen MR) is 122 cm³/mol. The molecule has 0 aliphatic rings. The second kappa shape index (κ2) is 21.0. The number of rotatable bonds is 23. The highest BCUT2D eigenvalue weighted by molar-refractivity contribution is 4.55. The van der Waals surface area contributed by atoms with Gasteiger partial charge in [-0.3, -0.25) is 0 Å². The third-order valence-electron chi connectivity index (χ3n) is 5.88. The molecule has 176 valence electrons. The number of hydrogen-bond acceptors (Lipinski definition) is 4. The summed E-state index contributed by atoms with van der Waals surface area (Å²) in [6, 6.07) is 0. The smallest absolute Gasteiger partial charge is 0.126 e. The molecule has 1 unspecified atom stereocenters. The number of ether oxygens (including phenoxy) is 1. The van der Waals surface area contributed by atoms with Gasteiger partial charge in [-0.05, 0) is 6.42 Å². The predicted octanol–water partition coefficient (Wildman–Crippen LogP) is 4.28. The lowest BCUT2D eigenvalue weighted by molar-refractivity contribution is -0.913. The third kappa shape index (κ3) is 19.5. The molecule has 0 spiro atoms. The fourth-order valence-electron chi connectivity index (χ4n) is 3.96. The first-order valence-electron chi connectivity index (χ1n) is 12.4. The minimum Gasteiger partial charge on any atom is -0.391 e. The van der Waals surface area contributed by atoms with Crippen LogP contribution in [0, 0.1) is 0 Å². The van der Waals surface area contributed by atoms with Crippen molar-refractivity contribution in [3.05, 3.63) is 0 Å². The van der Waals surface area contributed by atoms with Gasteiger partial charge in [0.15, 0.2) is 0 Å². The van der Waals surface area contributed by atoms with Gasteiger partial charge in [0.2, 0.25) is 0 Å². The highest BCUT2D eigenvalue weighted by atomic mass is 16.5. The zero-order chi connectivity index (χ0) is 21.6. The van der Waals surface area contributed by atoms with Gasteiger partial charge >= 0.3 is 0 Å². The van der Waals surface area contributed by atoms with Crippen molar-refractivity contribution in [1.29, 1.82) is 0 Å². The summed E-state index contributed by atoms with van der Waals surface area (Å²) in [6.07, 6.45) is 18.3. The molecular weight excluding hydrogens is 366 g/mol. The van der Waals surface area contributed by atoms with Gasteiger partial charge in [-0.15, -0.1) is 0 Å². The molecule has 0 saturated heterocycles. The molecule has 0 aromatic carbocycles. The van der Waals surface area contributed by atoms with Crippen LogP contribution >= 0.6 is 0 Å². The summed E-state index contributed by atoms with van der Waals surface area (Å²) in [5.74, 6) is 0. The molecule has 0 fully saturated rings. The monoisotopic (exact) mass is 418 g/mol. The van der Waals surface area contributed by atoms with Crippen LogP contribution in [0.4, 0.5) is 0 Å². The van der Waals surface area contributed by atoms with Crippen LogP contribution in [-0.4, -0.2) is 79.0 Å². The number of hydrogen-bond donors (Lipinski definition) is 3. The largest absolute Gasteiger partial charge is 0.391 e. The lowest BCUT2D eigenvalue weighted by Gasteiger charge is -2.35. The van der Waals surface area contributed by atoms with E-state index >= 15 is 0 Å². The van der Waals surface area contributed by atoms with Crippen molar-refractivity contribution in [2.45, 2.75) is 103 Å². The quantitative estimate of drug-likeness (QED) is 0.171. The van der Waals surface area contributed by atoms with E-state index in [4.69, 9.17) is 14.9 Å². The average molecular weight is 419 g/mol. The van der Waals surface area contributed by atoms with Gasteiger partial charge in [0, 0.05) is 6.61 Å². The Labute approximate surface area is 181 Å². The topological polar surface area (TPSA) is 69.9 Å². The van der Waals surface area contributed by atoms with Crippen molar-refractivity contribution in [3.8, 4) is 0 Å². The molecule has 0 saturated carbocycles. The van der Waals surface area contributed by atoms with E-state index in [9.17, 15) is 5.11 Å². The molecular formula is C24H52NO4+. The normalized spacial score (nSPS) is 13.1. The molecule has 0 heterocycles. The standard InChI is InChI=1S/C24H52NO4/c1-3-4-5-6-7-8-9-10-11-12-13-14-15-16-21-29-23-24(28)22-25(2,17-19-26)18-20-27/h24,26-28H,3-23H2,1-2H3/q+1. The zero-order valence-corrected chi connectivity index (χ0v) is 19.6. The average Bonchev–Trinajstić information content (AvgIpc) is 2.67. The third-order valence-corrected chi connectivity index (χ3v) is 5.88. The Morgan fingerprint density at radius 3 is 1.52 bits per heavy atom. The maximum absolute atomic E-state index is 10.1. The Balaban J connectivity index is 3.38. The summed E-state index contributed by atoms with van der Waals surface area (Å²) in [7, 11) is 1.95. The summed E-state index contributed by atoms with van der Waals surface area (Å²) in [6.45, 7) is 5.01. The number of nitrogens with zero attached hydrogens (tertiary/aromatic N) is 1. The highest BCUT2D eigenvalue weighted by Crippen LogP contribution is 2.13. The molecule has 29 heavy (non-hydrogen) atoms. The molecule has 5 nitrogen and oxygen atoms in total. The van der Waals surface area contributed by atoms with Crippen LogP contribution in [-0.2, 0) is 4.74 Å². The second-order valence-corrected chi connectivity index (χ2v) is 9.02. The van der Waals surface area contributed by atoms with Crippen molar-refractivity contribution in [1.82, 2.24) is 0 Å². The summed E-state index contributed by atoms with van der Waals surface area (Å²) in [4.78, 5) is 0. The van der Waals surface area contributed by atoms with E-state index in [2.05, 4.69) is 6.92 Å². The molecule has 1 atom stereocenters. The van der Waals surface area contributed by atoms with Gasteiger partial charge < -0.3 is 24.5 Å². The molecule has 0 bridgehead atoms. The van der Waals surface area contributed by atoms with Crippen molar-refractivity contribution in [2.24, 2.45) is 0 Å². The van der Waals surface area contributed by atoms with Gasteiger partial charge in [-0.1, -0.05) is 90.4 Å². The fourth-order valence-corrected chi connectivity index (χ4v) is 3.96. The van der Waals surface area contributed by atoms with Crippen molar-refractivity contribution in [3.63, 3.8) is 0 Å². The van der Waals surface area contributed by atoms with Crippen LogP contribution < -0.4 is 0 Å². The van der Waals surface area contributed by atoms with Crippen molar-refractivity contribution in [2.75, 3.05) is 53.1 Å². The molecule has 0 rings (SSSR count).